The number of rotatable bonds is 6. The highest BCUT2D eigenvalue weighted by atomic mass is 32.2. The van der Waals surface area contributed by atoms with Crippen molar-refractivity contribution in [1.82, 2.24) is 9.62 Å². The third-order valence-corrected chi connectivity index (χ3v) is 7.50. The Hall–Kier alpha value is -1.44. The van der Waals surface area contributed by atoms with Crippen molar-refractivity contribution in [2.45, 2.75) is 63.5 Å². The number of aliphatic hydroxyl groups excluding tert-OH is 1. The largest absolute Gasteiger partial charge is 0.392 e. The highest BCUT2D eigenvalue weighted by Gasteiger charge is 2.35. The molecule has 0 aliphatic heterocycles. The Bertz CT molecular complexity index is 730. The molecular formula is C19H30N2O4S. The van der Waals surface area contributed by atoms with Gasteiger partial charge in [0.15, 0.2) is 0 Å². The average Bonchev–Trinajstić information content (AvgIpc) is 2.61. The molecule has 26 heavy (non-hydrogen) atoms. The summed E-state index contributed by atoms with van der Waals surface area (Å²) in [5.74, 6) is -0.259. The Morgan fingerprint density at radius 3 is 2.46 bits per heavy atom. The van der Waals surface area contributed by atoms with Gasteiger partial charge in [-0.2, -0.15) is 4.31 Å². The van der Waals surface area contributed by atoms with Crippen molar-refractivity contribution in [1.29, 1.82) is 0 Å². The number of sulfonamides is 1. The molecule has 2 N–H and O–H groups in total. The highest BCUT2D eigenvalue weighted by molar-refractivity contribution is 7.89. The van der Waals surface area contributed by atoms with E-state index < -0.39 is 16.1 Å². The molecule has 0 saturated heterocycles. The quantitative estimate of drug-likeness (QED) is 0.791. The number of hydrogen-bond acceptors (Lipinski definition) is 4. The number of benzene rings is 1. The van der Waals surface area contributed by atoms with Gasteiger partial charge in [0.2, 0.25) is 10.0 Å². The van der Waals surface area contributed by atoms with Crippen LogP contribution in [0.3, 0.4) is 0 Å². The lowest BCUT2D eigenvalue weighted by molar-refractivity contribution is 0.00190. The van der Waals surface area contributed by atoms with Crippen molar-refractivity contribution >= 4 is 15.9 Å². The summed E-state index contributed by atoms with van der Waals surface area (Å²) in [5, 5.41) is 13.1. The Morgan fingerprint density at radius 2 is 1.92 bits per heavy atom. The highest BCUT2D eigenvalue weighted by Crippen LogP contribution is 2.35. The van der Waals surface area contributed by atoms with E-state index in [1.54, 1.807) is 13.8 Å². The number of hydrogen-bond donors (Lipinski definition) is 2. The van der Waals surface area contributed by atoms with Crippen LogP contribution in [0.2, 0.25) is 0 Å². The Morgan fingerprint density at radius 1 is 1.31 bits per heavy atom. The number of amides is 1. The first-order chi connectivity index (χ1) is 12.1. The molecule has 146 valence electrons. The van der Waals surface area contributed by atoms with Crippen LogP contribution in [0.1, 0.15) is 56.8 Å². The van der Waals surface area contributed by atoms with Crippen LogP contribution in [-0.2, 0) is 10.0 Å². The van der Waals surface area contributed by atoms with E-state index in [-0.39, 0.29) is 22.3 Å². The Balaban J connectivity index is 2.05. The summed E-state index contributed by atoms with van der Waals surface area (Å²) >= 11 is 0. The minimum Gasteiger partial charge on any atom is -0.392 e. The summed E-state index contributed by atoms with van der Waals surface area (Å²) in [6.45, 7) is 6.01. The van der Waals surface area contributed by atoms with Crippen molar-refractivity contribution in [2.75, 3.05) is 13.6 Å². The average molecular weight is 383 g/mol. The van der Waals surface area contributed by atoms with Gasteiger partial charge in [-0.05, 0) is 51.0 Å². The Kier molecular flexibility index (Phi) is 6.47. The van der Waals surface area contributed by atoms with Gasteiger partial charge in [0, 0.05) is 30.6 Å². The van der Waals surface area contributed by atoms with Gasteiger partial charge in [-0.15, -0.1) is 0 Å². The molecule has 0 bridgehead atoms. The molecule has 1 aromatic rings. The zero-order chi connectivity index (χ0) is 19.5. The molecule has 0 radical (unpaired) electrons. The number of nitrogens with one attached hydrogen (secondary N) is 1. The van der Waals surface area contributed by atoms with Crippen molar-refractivity contribution in [3.05, 3.63) is 29.8 Å². The lowest BCUT2D eigenvalue weighted by Crippen LogP contribution is -2.45. The number of carbonyl (C=O) groups is 1. The molecule has 2 atom stereocenters. The third-order valence-electron chi connectivity index (χ3n) is 5.45. The summed E-state index contributed by atoms with van der Waals surface area (Å²) < 4.78 is 26.2. The SMILES string of the molecule is CC(C)N(C)S(=O)(=O)c1ccc(C(=O)NCC2(C)CCCCC2O)cc1. The van der Waals surface area contributed by atoms with Crippen LogP contribution in [0.5, 0.6) is 0 Å². The molecule has 0 aromatic heterocycles. The molecule has 1 fully saturated rings. The van der Waals surface area contributed by atoms with E-state index in [0.29, 0.717) is 12.1 Å². The minimum atomic E-state index is -3.56. The second-order valence-electron chi connectivity index (χ2n) is 7.74. The molecule has 2 unspecified atom stereocenters. The Labute approximate surface area is 156 Å². The number of aliphatic hydroxyl groups is 1. The molecule has 0 spiro atoms. The second-order valence-corrected chi connectivity index (χ2v) is 9.74. The van der Waals surface area contributed by atoms with Crippen LogP contribution in [0, 0.1) is 5.41 Å². The monoisotopic (exact) mass is 382 g/mol. The summed E-state index contributed by atoms with van der Waals surface area (Å²) in [4.78, 5) is 12.6. The van der Waals surface area contributed by atoms with Gasteiger partial charge in [0.05, 0.1) is 11.0 Å². The summed E-state index contributed by atoms with van der Waals surface area (Å²) in [5.41, 5.74) is 0.0991. The van der Waals surface area contributed by atoms with E-state index in [1.807, 2.05) is 6.92 Å². The minimum absolute atomic E-state index is 0.148. The second kappa shape index (κ2) is 8.06. The smallest absolute Gasteiger partial charge is 0.251 e. The van der Waals surface area contributed by atoms with E-state index >= 15 is 0 Å². The van der Waals surface area contributed by atoms with Crippen molar-refractivity contribution in [3.8, 4) is 0 Å². The van der Waals surface area contributed by atoms with E-state index in [0.717, 1.165) is 25.7 Å². The maximum atomic E-state index is 12.5. The van der Waals surface area contributed by atoms with Gasteiger partial charge in [0.25, 0.3) is 5.91 Å². The third kappa shape index (κ3) is 4.45. The maximum Gasteiger partial charge on any atom is 0.251 e. The molecular weight excluding hydrogens is 352 g/mol. The molecule has 0 heterocycles. The fraction of sp³-hybridized carbons (Fsp3) is 0.632. The maximum absolute atomic E-state index is 12.5. The predicted octanol–water partition coefficient (Wildman–Crippen LogP) is 2.39. The molecule has 1 amide bonds. The van der Waals surface area contributed by atoms with Crippen molar-refractivity contribution in [3.63, 3.8) is 0 Å². The van der Waals surface area contributed by atoms with E-state index in [2.05, 4.69) is 5.32 Å². The van der Waals surface area contributed by atoms with Crippen molar-refractivity contribution in [2.24, 2.45) is 5.41 Å². The predicted molar refractivity (Wildman–Crippen MR) is 101 cm³/mol. The van der Waals surface area contributed by atoms with E-state index in [9.17, 15) is 18.3 Å². The zero-order valence-electron chi connectivity index (χ0n) is 16.0. The molecule has 2 rings (SSSR count). The fourth-order valence-corrected chi connectivity index (χ4v) is 4.56. The fourth-order valence-electron chi connectivity index (χ4n) is 3.19. The molecule has 1 aromatic carbocycles. The normalized spacial score (nSPS) is 24.0. The lowest BCUT2D eigenvalue weighted by atomic mass is 9.73. The lowest BCUT2D eigenvalue weighted by Gasteiger charge is -2.38. The zero-order valence-corrected chi connectivity index (χ0v) is 16.8. The molecule has 6 nitrogen and oxygen atoms in total. The van der Waals surface area contributed by atoms with Gasteiger partial charge < -0.3 is 10.4 Å². The van der Waals surface area contributed by atoms with Gasteiger partial charge >= 0.3 is 0 Å². The number of nitrogens with zero attached hydrogens (tertiary/aromatic N) is 1. The van der Waals surface area contributed by atoms with E-state index in [1.165, 1.54) is 35.6 Å². The molecule has 7 heteroatoms. The van der Waals surface area contributed by atoms with Gasteiger partial charge in [0.1, 0.15) is 0 Å². The van der Waals surface area contributed by atoms with Crippen LogP contribution in [0.4, 0.5) is 0 Å². The topological polar surface area (TPSA) is 86.7 Å². The number of carbonyl (C=O) groups excluding carboxylic acids is 1. The van der Waals surface area contributed by atoms with Crippen LogP contribution in [0.25, 0.3) is 0 Å². The standard InChI is InChI=1S/C19H30N2O4S/c1-14(2)21(4)26(24,25)16-10-8-15(9-11-16)18(23)20-13-19(3)12-6-5-7-17(19)22/h8-11,14,17,22H,5-7,12-13H2,1-4H3,(H,20,23). The van der Waals surface area contributed by atoms with Crippen LogP contribution in [-0.4, -0.2) is 49.5 Å². The molecule has 1 saturated carbocycles. The molecule has 1 aliphatic rings. The first-order valence-corrected chi connectivity index (χ1v) is 10.6. The first-order valence-electron chi connectivity index (χ1n) is 9.12. The summed E-state index contributed by atoms with van der Waals surface area (Å²) in [6, 6.07) is 5.82. The van der Waals surface area contributed by atoms with Crippen LogP contribution < -0.4 is 5.32 Å². The van der Waals surface area contributed by atoms with Crippen LogP contribution >= 0.6 is 0 Å². The van der Waals surface area contributed by atoms with Gasteiger partial charge in [-0.1, -0.05) is 19.8 Å². The van der Waals surface area contributed by atoms with Crippen molar-refractivity contribution < 1.29 is 18.3 Å². The molecule has 1 aliphatic carbocycles. The van der Waals surface area contributed by atoms with E-state index in [4.69, 9.17) is 0 Å². The summed E-state index contributed by atoms with van der Waals surface area (Å²) in [6.07, 6.45) is 3.32. The van der Waals surface area contributed by atoms with Gasteiger partial charge in [-0.25, -0.2) is 8.42 Å². The van der Waals surface area contributed by atoms with Crippen LogP contribution in [0.15, 0.2) is 29.2 Å². The first kappa shape index (κ1) is 20.9. The summed E-state index contributed by atoms with van der Waals surface area (Å²) in [7, 11) is -2.02. The van der Waals surface area contributed by atoms with Gasteiger partial charge in [-0.3, -0.25) is 4.79 Å².